The lowest BCUT2D eigenvalue weighted by atomic mass is 9.94. The first-order valence-corrected chi connectivity index (χ1v) is 13.0. The van der Waals surface area contributed by atoms with Crippen molar-refractivity contribution in [3.05, 3.63) is 75.7 Å². The summed E-state index contributed by atoms with van der Waals surface area (Å²) in [5.74, 6) is 0.825. The summed E-state index contributed by atoms with van der Waals surface area (Å²) in [5, 5.41) is 10.8. The van der Waals surface area contributed by atoms with Crippen LogP contribution in [0.3, 0.4) is 0 Å². The Balaban J connectivity index is 1.81. The number of methoxy groups -OCH3 is 1. The van der Waals surface area contributed by atoms with Crippen LogP contribution in [-0.2, 0) is 27.9 Å². The van der Waals surface area contributed by atoms with Gasteiger partial charge in [0.15, 0.2) is 0 Å². The van der Waals surface area contributed by atoms with E-state index >= 15 is 0 Å². The Morgan fingerprint density at radius 3 is 2.44 bits per heavy atom. The maximum atomic E-state index is 12.8. The first-order chi connectivity index (χ1) is 15.9. The van der Waals surface area contributed by atoms with Gasteiger partial charge in [0.1, 0.15) is 16.5 Å². The summed E-state index contributed by atoms with van der Waals surface area (Å²) >= 11 is 1.49. The molecule has 0 bridgehead atoms. The first-order valence-electron chi connectivity index (χ1n) is 10.6. The molecule has 2 aromatic carbocycles. The lowest BCUT2D eigenvalue weighted by molar-refractivity contribution is -0.129. The van der Waals surface area contributed by atoms with Gasteiger partial charge in [0.05, 0.1) is 18.8 Å². The number of aromatic nitrogens is 1. The number of hydrogen-bond acceptors (Lipinski definition) is 7. The highest BCUT2D eigenvalue weighted by atomic mass is 32.2. The Morgan fingerprint density at radius 2 is 1.82 bits per heavy atom. The summed E-state index contributed by atoms with van der Waals surface area (Å²) in [7, 11) is -2.45. The zero-order chi connectivity index (χ0) is 24.9. The number of carbonyl (C=O) groups excluding carboxylic acids is 1. The van der Waals surface area contributed by atoms with Gasteiger partial charge in [-0.3, -0.25) is 4.79 Å². The van der Waals surface area contributed by atoms with E-state index in [1.807, 2.05) is 50.4 Å². The van der Waals surface area contributed by atoms with Crippen LogP contribution in [0.4, 0.5) is 0 Å². The van der Waals surface area contributed by atoms with Crippen LogP contribution in [0, 0.1) is 5.41 Å². The molecule has 182 valence electrons. The predicted molar refractivity (Wildman–Crippen MR) is 132 cm³/mol. The normalized spacial score (nSPS) is 12.7. The fourth-order valence-electron chi connectivity index (χ4n) is 3.18. The number of amides is 1. The van der Waals surface area contributed by atoms with Crippen molar-refractivity contribution >= 4 is 27.5 Å². The second-order valence-electron chi connectivity index (χ2n) is 8.91. The molecule has 34 heavy (non-hydrogen) atoms. The van der Waals surface area contributed by atoms with Gasteiger partial charge in [-0.25, -0.2) is 4.98 Å². The summed E-state index contributed by atoms with van der Waals surface area (Å²) in [6.07, 6.45) is 1.12. The van der Waals surface area contributed by atoms with Crippen LogP contribution < -0.4 is 19.4 Å². The third kappa shape index (κ3) is 7.54. The zero-order valence-electron chi connectivity index (χ0n) is 19.6. The molecule has 3 rings (SSSR count). The highest BCUT2D eigenvalue weighted by Gasteiger charge is 2.26. The van der Waals surface area contributed by atoms with Crippen molar-refractivity contribution < 1.29 is 22.1 Å². The summed E-state index contributed by atoms with van der Waals surface area (Å²) < 4.78 is 32.2. The van der Waals surface area contributed by atoms with E-state index in [2.05, 4.69) is 5.32 Å². The van der Waals surface area contributed by atoms with Crippen molar-refractivity contribution in [2.24, 2.45) is 10.6 Å². The first kappa shape index (κ1) is 25.7. The smallest absolute Gasteiger partial charge is 0.380 e. The average molecular weight is 504 g/mol. The number of hydrogen-bond donors (Lipinski definition) is 2. The SMILES string of the molecule is COc1cccc(Cc2csc(C(Cc3ccc(OS(N)(=O)=O)cc3)NC(=O)C(C)(C)C)n2)c1. The van der Waals surface area contributed by atoms with E-state index in [0.29, 0.717) is 12.8 Å². The Hall–Kier alpha value is -2.95. The Morgan fingerprint density at radius 1 is 1.12 bits per heavy atom. The van der Waals surface area contributed by atoms with Gasteiger partial charge in [0, 0.05) is 17.2 Å². The molecule has 0 spiro atoms. The van der Waals surface area contributed by atoms with Crippen LogP contribution in [0.25, 0.3) is 0 Å². The number of thiazole rings is 1. The average Bonchev–Trinajstić information content (AvgIpc) is 3.21. The maximum Gasteiger partial charge on any atom is 0.380 e. The van der Waals surface area contributed by atoms with E-state index in [9.17, 15) is 13.2 Å². The molecule has 0 aliphatic carbocycles. The topological polar surface area (TPSA) is 121 Å². The number of nitrogens with one attached hydrogen (secondary N) is 1. The molecule has 0 saturated heterocycles. The van der Waals surface area contributed by atoms with E-state index in [-0.39, 0.29) is 17.7 Å². The molecule has 0 fully saturated rings. The van der Waals surface area contributed by atoms with E-state index in [4.69, 9.17) is 19.0 Å². The second kappa shape index (κ2) is 10.5. The minimum Gasteiger partial charge on any atom is -0.497 e. The summed E-state index contributed by atoms with van der Waals surface area (Å²) in [6, 6.07) is 14.0. The molecule has 10 heteroatoms. The van der Waals surface area contributed by atoms with Crippen LogP contribution in [0.2, 0.25) is 0 Å². The largest absolute Gasteiger partial charge is 0.497 e. The predicted octanol–water partition coefficient (Wildman–Crippen LogP) is 3.77. The van der Waals surface area contributed by atoms with Gasteiger partial charge in [-0.1, -0.05) is 45.0 Å². The highest BCUT2D eigenvalue weighted by Crippen LogP contribution is 2.27. The van der Waals surface area contributed by atoms with E-state index < -0.39 is 15.7 Å². The van der Waals surface area contributed by atoms with Crippen molar-refractivity contribution in [2.75, 3.05) is 7.11 Å². The van der Waals surface area contributed by atoms with Crippen LogP contribution in [0.5, 0.6) is 11.5 Å². The van der Waals surface area contributed by atoms with Crippen LogP contribution >= 0.6 is 11.3 Å². The number of carbonyl (C=O) groups is 1. The van der Waals surface area contributed by atoms with Gasteiger partial charge >= 0.3 is 10.3 Å². The lowest BCUT2D eigenvalue weighted by Gasteiger charge is -2.23. The maximum absolute atomic E-state index is 12.8. The van der Waals surface area contributed by atoms with Gasteiger partial charge < -0.3 is 14.2 Å². The molecule has 0 radical (unpaired) electrons. The van der Waals surface area contributed by atoms with Crippen LogP contribution in [-0.4, -0.2) is 26.4 Å². The van der Waals surface area contributed by atoms with Crippen molar-refractivity contribution in [3.8, 4) is 11.5 Å². The number of ether oxygens (including phenoxy) is 1. The number of nitrogens with zero attached hydrogens (tertiary/aromatic N) is 1. The van der Waals surface area contributed by atoms with Gasteiger partial charge in [0.2, 0.25) is 5.91 Å². The van der Waals surface area contributed by atoms with Crippen LogP contribution in [0.15, 0.2) is 53.9 Å². The molecule has 1 atom stereocenters. The molecule has 1 heterocycles. The fraction of sp³-hybridized carbons (Fsp3) is 0.333. The minimum atomic E-state index is -4.09. The lowest BCUT2D eigenvalue weighted by Crippen LogP contribution is -2.38. The van der Waals surface area contributed by atoms with Crippen molar-refractivity contribution in [2.45, 2.75) is 39.7 Å². The Labute approximate surface area is 204 Å². The van der Waals surface area contributed by atoms with Crippen molar-refractivity contribution in [3.63, 3.8) is 0 Å². The third-order valence-electron chi connectivity index (χ3n) is 4.95. The van der Waals surface area contributed by atoms with Gasteiger partial charge in [0.25, 0.3) is 0 Å². The van der Waals surface area contributed by atoms with E-state index in [1.165, 1.54) is 23.5 Å². The van der Waals surface area contributed by atoms with Crippen molar-refractivity contribution in [1.29, 1.82) is 0 Å². The molecule has 1 aromatic heterocycles. The Kier molecular flexibility index (Phi) is 7.96. The molecule has 1 amide bonds. The molecular weight excluding hydrogens is 474 g/mol. The van der Waals surface area contributed by atoms with Crippen molar-refractivity contribution in [1.82, 2.24) is 10.3 Å². The molecule has 8 nitrogen and oxygen atoms in total. The monoisotopic (exact) mass is 503 g/mol. The van der Waals surface area contributed by atoms with E-state index in [0.717, 1.165) is 27.6 Å². The Bertz CT molecular complexity index is 1230. The number of rotatable bonds is 9. The molecule has 0 saturated carbocycles. The van der Waals surface area contributed by atoms with Gasteiger partial charge in [-0.15, -0.1) is 11.3 Å². The number of benzene rings is 2. The molecule has 3 aromatic rings. The molecular formula is C24H29N3O5S2. The second-order valence-corrected chi connectivity index (χ2v) is 10.9. The zero-order valence-corrected chi connectivity index (χ0v) is 21.2. The molecule has 0 aliphatic rings. The summed E-state index contributed by atoms with van der Waals surface area (Å²) in [6.45, 7) is 5.57. The van der Waals surface area contributed by atoms with Gasteiger partial charge in [-0.05, 0) is 41.8 Å². The molecule has 1 unspecified atom stereocenters. The van der Waals surface area contributed by atoms with Gasteiger partial charge in [-0.2, -0.15) is 13.6 Å². The standard InChI is InChI=1S/C24H29N3O5S2/c1-24(2,3)23(28)27-21(14-16-8-10-19(11-9-16)32-34(25,29)30)22-26-18(15-33-22)12-17-6-5-7-20(13-17)31-4/h5-11,13,15,21H,12,14H2,1-4H3,(H,27,28)(H2,25,29,30). The fourth-order valence-corrected chi connectivity index (χ4v) is 4.43. The van der Waals surface area contributed by atoms with E-state index in [1.54, 1.807) is 19.2 Å². The summed E-state index contributed by atoms with van der Waals surface area (Å²) in [4.78, 5) is 17.6. The molecule has 3 N–H and O–H groups in total. The summed E-state index contributed by atoms with van der Waals surface area (Å²) in [5.41, 5.74) is 2.30. The number of nitrogens with two attached hydrogens (primary N) is 1. The third-order valence-corrected chi connectivity index (χ3v) is 6.38. The quantitative estimate of drug-likeness (QED) is 0.459. The van der Waals surface area contributed by atoms with Crippen LogP contribution in [0.1, 0.15) is 48.6 Å². The minimum absolute atomic E-state index is 0.0868. The molecule has 0 aliphatic heterocycles. The highest BCUT2D eigenvalue weighted by molar-refractivity contribution is 7.84.